The Kier molecular flexibility index (Phi) is 3.58. The Bertz CT molecular complexity index is 514. The van der Waals surface area contributed by atoms with Crippen molar-refractivity contribution in [2.45, 2.75) is 23.3 Å². The fourth-order valence-electron chi connectivity index (χ4n) is 1.33. The molecule has 0 spiro atoms. The van der Waals surface area contributed by atoms with E-state index in [-0.39, 0.29) is 5.82 Å². The molecule has 0 saturated heterocycles. The van der Waals surface area contributed by atoms with Crippen molar-refractivity contribution in [1.82, 2.24) is 9.97 Å². The van der Waals surface area contributed by atoms with Crippen LogP contribution >= 0.6 is 11.8 Å². The van der Waals surface area contributed by atoms with Crippen LogP contribution in [0.25, 0.3) is 0 Å². The molecule has 1 aromatic heterocycles. The van der Waals surface area contributed by atoms with Crippen molar-refractivity contribution >= 4 is 17.6 Å². The highest BCUT2D eigenvalue weighted by Crippen LogP contribution is 2.26. The number of rotatable bonds is 3. The molecule has 0 amide bonds. The van der Waals surface area contributed by atoms with Crippen molar-refractivity contribution in [3.05, 3.63) is 42.0 Å². The molecule has 0 fully saturated rings. The summed E-state index contributed by atoms with van der Waals surface area (Å²) in [7, 11) is 0. The summed E-state index contributed by atoms with van der Waals surface area (Å²) in [4.78, 5) is 9.37. The zero-order chi connectivity index (χ0) is 12.3. The second-order valence-corrected chi connectivity index (χ2v) is 4.55. The highest BCUT2D eigenvalue weighted by atomic mass is 32.2. The molecule has 0 unspecified atom stereocenters. The summed E-state index contributed by atoms with van der Waals surface area (Å²) in [5.41, 5.74) is 5.69. The number of hydrogen-bond donors (Lipinski definition) is 1. The lowest BCUT2D eigenvalue weighted by molar-refractivity contribution is 0.626. The van der Waals surface area contributed by atoms with Crippen LogP contribution in [0.2, 0.25) is 0 Å². The molecule has 1 heterocycles. The predicted octanol–water partition coefficient (Wildman–Crippen LogP) is 2.91. The first-order valence-corrected chi connectivity index (χ1v) is 6.06. The molecule has 88 valence electrons. The Balaban J connectivity index is 2.23. The molecule has 17 heavy (non-hydrogen) atoms. The summed E-state index contributed by atoms with van der Waals surface area (Å²) < 4.78 is 12.8. The molecule has 0 radical (unpaired) electrons. The van der Waals surface area contributed by atoms with Gasteiger partial charge in [-0.05, 0) is 24.3 Å². The first kappa shape index (κ1) is 11.9. The maximum Gasteiger partial charge on any atom is 0.131 e. The van der Waals surface area contributed by atoms with Crippen molar-refractivity contribution in [3.63, 3.8) is 0 Å². The average Bonchev–Trinajstić information content (AvgIpc) is 2.31. The van der Waals surface area contributed by atoms with Crippen molar-refractivity contribution < 1.29 is 4.39 Å². The number of anilines is 1. The van der Waals surface area contributed by atoms with Crippen LogP contribution in [-0.4, -0.2) is 9.97 Å². The van der Waals surface area contributed by atoms with E-state index < -0.39 is 0 Å². The van der Waals surface area contributed by atoms with Gasteiger partial charge in [0.1, 0.15) is 22.5 Å². The first-order valence-electron chi connectivity index (χ1n) is 5.24. The predicted molar refractivity (Wildman–Crippen MR) is 66.3 cm³/mol. The van der Waals surface area contributed by atoms with E-state index in [0.717, 1.165) is 22.2 Å². The number of nitrogens with zero attached hydrogens (tertiary/aromatic N) is 2. The molecule has 2 aromatic rings. The van der Waals surface area contributed by atoms with Crippen molar-refractivity contribution in [1.29, 1.82) is 0 Å². The number of aromatic nitrogens is 2. The molecule has 0 aliphatic rings. The number of aryl methyl sites for hydroxylation is 1. The number of halogens is 1. The minimum atomic E-state index is -0.245. The lowest BCUT2D eigenvalue weighted by atomic mass is 10.4. The van der Waals surface area contributed by atoms with Crippen LogP contribution < -0.4 is 5.73 Å². The topological polar surface area (TPSA) is 51.8 Å². The molecule has 5 heteroatoms. The van der Waals surface area contributed by atoms with Gasteiger partial charge in [-0.3, -0.25) is 0 Å². The van der Waals surface area contributed by atoms with E-state index in [1.54, 1.807) is 18.2 Å². The van der Waals surface area contributed by atoms with Gasteiger partial charge in [-0.1, -0.05) is 18.7 Å². The molecule has 0 bridgehead atoms. The van der Waals surface area contributed by atoms with E-state index >= 15 is 0 Å². The van der Waals surface area contributed by atoms with E-state index in [0.29, 0.717) is 5.82 Å². The van der Waals surface area contributed by atoms with Gasteiger partial charge in [-0.15, -0.1) is 0 Å². The summed E-state index contributed by atoms with van der Waals surface area (Å²) >= 11 is 1.44. The SMILES string of the molecule is CCc1nc(N)cc(Sc2ccc(F)cc2)n1. The molecule has 2 rings (SSSR count). The van der Waals surface area contributed by atoms with E-state index in [1.807, 2.05) is 6.92 Å². The Morgan fingerprint density at radius 3 is 2.59 bits per heavy atom. The Morgan fingerprint density at radius 2 is 1.94 bits per heavy atom. The Labute approximate surface area is 103 Å². The highest BCUT2D eigenvalue weighted by Gasteiger charge is 2.03. The Hall–Kier alpha value is -1.62. The molecular formula is C12H12FN3S. The molecule has 3 nitrogen and oxygen atoms in total. The number of hydrogen-bond acceptors (Lipinski definition) is 4. The summed E-state index contributed by atoms with van der Waals surface area (Å²) in [5, 5.41) is 0.779. The van der Waals surface area contributed by atoms with Crippen LogP contribution in [0.3, 0.4) is 0 Å². The molecule has 0 aliphatic heterocycles. The van der Waals surface area contributed by atoms with Gasteiger partial charge in [0.25, 0.3) is 0 Å². The lowest BCUT2D eigenvalue weighted by Crippen LogP contribution is -1.99. The maximum atomic E-state index is 12.8. The quantitative estimate of drug-likeness (QED) is 0.850. The fraction of sp³-hybridized carbons (Fsp3) is 0.167. The number of benzene rings is 1. The van der Waals surface area contributed by atoms with Crippen molar-refractivity contribution in [2.75, 3.05) is 5.73 Å². The molecular weight excluding hydrogens is 237 g/mol. The third-order valence-electron chi connectivity index (χ3n) is 2.12. The standard InChI is InChI=1S/C12H12FN3S/c1-2-11-15-10(14)7-12(16-11)17-9-5-3-8(13)4-6-9/h3-7H,2H2,1H3,(H2,14,15,16). The smallest absolute Gasteiger partial charge is 0.131 e. The normalized spacial score (nSPS) is 10.5. The van der Waals surface area contributed by atoms with Crippen LogP contribution in [0.1, 0.15) is 12.7 Å². The molecule has 0 atom stereocenters. The van der Waals surface area contributed by atoms with Gasteiger partial charge >= 0.3 is 0 Å². The summed E-state index contributed by atoms with van der Waals surface area (Å²) in [6.07, 6.45) is 0.738. The third kappa shape index (κ3) is 3.17. The minimum Gasteiger partial charge on any atom is -0.384 e. The average molecular weight is 249 g/mol. The maximum absolute atomic E-state index is 12.8. The van der Waals surface area contributed by atoms with Gasteiger partial charge in [0, 0.05) is 17.4 Å². The highest BCUT2D eigenvalue weighted by molar-refractivity contribution is 7.99. The van der Waals surface area contributed by atoms with Crippen molar-refractivity contribution in [2.24, 2.45) is 0 Å². The first-order chi connectivity index (χ1) is 8.17. The summed E-state index contributed by atoms with van der Waals surface area (Å²) in [6.45, 7) is 1.97. The van der Waals surface area contributed by atoms with Gasteiger partial charge in [0.15, 0.2) is 0 Å². The van der Waals surface area contributed by atoms with Gasteiger partial charge < -0.3 is 5.73 Å². The van der Waals surface area contributed by atoms with Gasteiger partial charge in [0.2, 0.25) is 0 Å². The molecule has 0 saturated carbocycles. The number of nitrogens with two attached hydrogens (primary N) is 1. The van der Waals surface area contributed by atoms with Crippen LogP contribution in [0.4, 0.5) is 10.2 Å². The molecule has 0 aliphatic carbocycles. The number of nitrogen functional groups attached to an aromatic ring is 1. The summed E-state index contributed by atoms with van der Waals surface area (Å²) in [6, 6.07) is 7.99. The van der Waals surface area contributed by atoms with Gasteiger partial charge in [0.05, 0.1) is 0 Å². The van der Waals surface area contributed by atoms with E-state index in [9.17, 15) is 4.39 Å². The van der Waals surface area contributed by atoms with E-state index in [1.165, 1.54) is 23.9 Å². The Morgan fingerprint density at radius 1 is 1.24 bits per heavy atom. The monoisotopic (exact) mass is 249 g/mol. The second-order valence-electron chi connectivity index (χ2n) is 3.46. The molecule has 1 aromatic carbocycles. The van der Waals surface area contributed by atoms with E-state index in [4.69, 9.17) is 5.73 Å². The minimum absolute atomic E-state index is 0.245. The van der Waals surface area contributed by atoms with Crippen molar-refractivity contribution in [3.8, 4) is 0 Å². The van der Waals surface area contributed by atoms with Gasteiger partial charge in [-0.2, -0.15) is 0 Å². The van der Waals surface area contributed by atoms with Gasteiger partial charge in [-0.25, -0.2) is 14.4 Å². The van der Waals surface area contributed by atoms with Crippen LogP contribution in [0, 0.1) is 5.82 Å². The van der Waals surface area contributed by atoms with E-state index in [2.05, 4.69) is 9.97 Å². The molecule has 2 N–H and O–H groups in total. The second kappa shape index (κ2) is 5.14. The lowest BCUT2D eigenvalue weighted by Gasteiger charge is -2.04. The largest absolute Gasteiger partial charge is 0.384 e. The fourth-order valence-corrected chi connectivity index (χ4v) is 2.17. The summed E-state index contributed by atoms with van der Waals surface area (Å²) in [5.74, 6) is 0.932. The zero-order valence-corrected chi connectivity index (χ0v) is 10.2. The van der Waals surface area contributed by atoms with Crippen LogP contribution in [0.5, 0.6) is 0 Å². The third-order valence-corrected chi connectivity index (χ3v) is 3.05. The van der Waals surface area contributed by atoms with Crippen LogP contribution in [-0.2, 0) is 6.42 Å². The van der Waals surface area contributed by atoms with Crippen LogP contribution in [0.15, 0.2) is 40.3 Å². The zero-order valence-electron chi connectivity index (χ0n) is 9.35.